The minimum Gasteiger partial charge on any atom is -0.466 e. The highest BCUT2D eigenvalue weighted by Crippen LogP contribution is 2.28. The molecule has 17 heavy (non-hydrogen) atoms. The van der Waals surface area contributed by atoms with Crippen LogP contribution in [0.2, 0.25) is 0 Å². The SMILES string of the molecule is Cc1cc(C(O)c2occc2C)c(F)cc1F. The van der Waals surface area contributed by atoms with E-state index in [0.29, 0.717) is 0 Å². The zero-order valence-electron chi connectivity index (χ0n) is 9.50. The Labute approximate surface area is 97.5 Å². The Hall–Kier alpha value is -1.68. The molecule has 0 saturated carbocycles. The summed E-state index contributed by atoms with van der Waals surface area (Å²) in [6, 6.07) is 3.73. The van der Waals surface area contributed by atoms with E-state index in [2.05, 4.69) is 0 Å². The maximum atomic E-state index is 13.6. The summed E-state index contributed by atoms with van der Waals surface area (Å²) < 4.78 is 31.8. The highest BCUT2D eigenvalue weighted by atomic mass is 19.1. The third kappa shape index (κ3) is 2.08. The van der Waals surface area contributed by atoms with E-state index in [1.165, 1.54) is 19.3 Å². The van der Waals surface area contributed by atoms with E-state index in [0.717, 1.165) is 11.6 Å². The van der Waals surface area contributed by atoms with Crippen LogP contribution in [0, 0.1) is 25.5 Å². The van der Waals surface area contributed by atoms with Crippen LogP contribution in [0.25, 0.3) is 0 Å². The Morgan fingerprint density at radius 1 is 1.12 bits per heavy atom. The quantitative estimate of drug-likeness (QED) is 0.871. The van der Waals surface area contributed by atoms with E-state index in [9.17, 15) is 13.9 Å². The van der Waals surface area contributed by atoms with Gasteiger partial charge in [0.05, 0.1) is 6.26 Å². The van der Waals surface area contributed by atoms with Crippen molar-refractivity contribution in [3.63, 3.8) is 0 Å². The molecule has 0 aliphatic heterocycles. The van der Waals surface area contributed by atoms with Gasteiger partial charge in [0.15, 0.2) is 0 Å². The summed E-state index contributed by atoms with van der Waals surface area (Å²) in [5, 5.41) is 10.0. The Morgan fingerprint density at radius 3 is 2.41 bits per heavy atom. The number of halogens is 2. The number of furan rings is 1. The molecule has 4 heteroatoms. The van der Waals surface area contributed by atoms with Crippen LogP contribution in [0.3, 0.4) is 0 Å². The first kappa shape index (κ1) is 11.8. The summed E-state index contributed by atoms with van der Waals surface area (Å²) in [5.41, 5.74) is 1.02. The van der Waals surface area contributed by atoms with Gasteiger partial charge < -0.3 is 9.52 Å². The average Bonchev–Trinajstić information content (AvgIpc) is 2.69. The molecule has 2 aromatic rings. The largest absolute Gasteiger partial charge is 0.466 e. The smallest absolute Gasteiger partial charge is 0.140 e. The van der Waals surface area contributed by atoms with Crippen LogP contribution in [0.5, 0.6) is 0 Å². The van der Waals surface area contributed by atoms with E-state index in [-0.39, 0.29) is 16.9 Å². The molecule has 0 saturated heterocycles. The predicted octanol–water partition coefficient (Wildman–Crippen LogP) is 3.26. The molecule has 1 N–H and O–H groups in total. The zero-order chi connectivity index (χ0) is 12.6. The standard InChI is InChI=1S/C13H12F2O2/c1-7-3-4-17-13(7)12(16)9-5-8(2)10(14)6-11(9)15/h3-6,12,16H,1-2H3. The molecule has 1 heterocycles. The van der Waals surface area contributed by atoms with Crippen molar-refractivity contribution in [3.8, 4) is 0 Å². The average molecular weight is 238 g/mol. The van der Waals surface area contributed by atoms with Gasteiger partial charge >= 0.3 is 0 Å². The van der Waals surface area contributed by atoms with Gasteiger partial charge in [-0.15, -0.1) is 0 Å². The molecule has 0 amide bonds. The summed E-state index contributed by atoms with van der Waals surface area (Å²) in [4.78, 5) is 0. The van der Waals surface area contributed by atoms with Crippen LogP contribution in [0.1, 0.15) is 28.6 Å². The van der Waals surface area contributed by atoms with Crippen molar-refractivity contribution in [3.05, 3.63) is 58.5 Å². The molecule has 0 spiro atoms. The first-order chi connectivity index (χ1) is 8.00. The van der Waals surface area contributed by atoms with Crippen molar-refractivity contribution in [2.75, 3.05) is 0 Å². The lowest BCUT2D eigenvalue weighted by molar-refractivity contribution is 0.183. The van der Waals surface area contributed by atoms with Gasteiger partial charge in [-0.3, -0.25) is 0 Å². The number of hydrogen-bond donors (Lipinski definition) is 1. The number of rotatable bonds is 2. The molecule has 2 rings (SSSR count). The van der Waals surface area contributed by atoms with Crippen molar-refractivity contribution in [2.45, 2.75) is 20.0 Å². The van der Waals surface area contributed by atoms with E-state index < -0.39 is 17.7 Å². The molecule has 1 unspecified atom stereocenters. The Morgan fingerprint density at radius 2 is 1.82 bits per heavy atom. The van der Waals surface area contributed by atoms with E-state index in [1.807, 2.05) is 0 Å². The first-order valence-corrected chi connectivity index (χ1v) is 5.18. The monoisotopic (exact) mass is 238 g/mol. The fourth-order valence-electron chi connectivity index (χ4n) is 1.69. The van der Waals surface area contributed by atoms with E-state index in [1.54, 1.807) is 13.0 Å². The third-order valence-electron chi connectivity index (χ3n) is 2.72. The van der Waals surface area contributed by atoms with Crippen LogP contribution in [0.15, 0.2) is 28.9 Å². The Bertz CT molecular complexity index is 546. The van der Waals surface area contributed by atoms with Gasteiger partial charge in [-0.25, -0.2) is 8.78 Å². The van der Waals surface area contributed by atoms with Gasteiger partial charge in [-0.1, -0.05) is 0 Å². The van der Waals surface area contributed by atoms with Crippen molar-refractivity contribution in [1.29, 1.82) is 0 Å². The lowest BCUT2D eigenvalue weighted by Crippen LogP contribution is -2.04. The fourth-order valence-corrected chi connectivity index (χ4v) is 1.69. The second kappa shape index (κ2) is 4.30. The summed E-state index contributed by atoms with van der Waals surface area (Å²) in [6.45, 7) is 3.26. The minimum absolute atomic E-state index is 0.0157. The lowest BCUT2D eigenvalue weighted by Gasteiger charge is -2.12. The number of aliphatic hydroxyl groups is 1. The highest BCUT2D eigenvalue weighted by molar-refractivity contribution is 5.33. The van der Waals surface area contributed by atoms with E-state index in [4.69, 9.17) is 4.42 Å². The molecule has 90 valence electrons. The Balaban J connectivity index is 2.48. The molecule has 0 fully saturated rings. The minimum atomic E-state index is -1.22. The van der Waals surface area contributed by atoms with Gasteiger partial charge in [-0.2, -0.15) is 0 Å². The highest BCUT2D eigenvalue weighted by Gasteiger charge is 2.21. The van der Waals surface area contributed by atoms with Crippen LogP contribution < -0.4 is 0 Å². The molecule has 1 aromatic heterocycles. The molecule has 1 aromatic carbocycles. The normalized spacial score (nSPS) is 12.8. The molecular formula is C13H12F2O2. The van der Waals surface area contributed by atoms with Gasteiger partial charge in [-0.05, 0) is 37.1 Å². The summed E-state index contributed by atoms with van der Waals surface area (Å²) in [5.74, 6) is -1.14. The molecule has 2 nitrogen and oxygen atoms in total. The van der Waals surface area contributed by atoms with Crippen LogP contribution >= 0.6 is 0 Å². The van der Waals surface area contributed by atoms with Gasteiger partial charge in [0.25, 0.3) is 0 Å². The first-order valence-electron chi connectivity index (χ1n) is 5.18. The summed E-state index contributed by atoms with van der Waals surface area (Å²) in [7, 11) is 0. The van der Waals surface area contributed by atoms with Crippen molar-refractivity contribution < 1.29 is 18.3 Å². The maximum absolute atomic E-state index is 13.6. The maximum Gasteiger partial charge on any atom is 0.140 e. The van der Waals surface area contributed by atoms with Gasteiger partial charge in [0.1, 0.15) is 23.5 Å². The van der Waals surface area contributed by atoms with Crippen molar-refractivity contribution >= 4 is 0 Å². The Kier molecular flexibility index (Phi) is 2.98. The number of aryl methyl sites for hydroxylation is 2. The summed E-state index contributed by atoms with van der Waals surface area (Å²) in [6.07, 6.45) is 0.201. The lowest BCUT2D eigenvalue weighted by atomic mass is 10.0. The molecule has 0 aliphatic carbocycles. The molecule has 0 bridgehead atoms. The van der Waals surface area contributed by atoms with Crippen LogP contribution in [0.4, 0.5) is 8.78 Å². The van der Waals surface area contributed by atoms with Gasteiger partial charge in [0.2, 0.25) is 0 Å². The third-order valence-corrected chi connectivity index (χ3v) is 2.72. The topological polar surface area (TPSA) is 33.4 Å². The predicted molar refractivity (Wildman–Crippen MR) is 58.6 cm³/mol. The molecular weight excluding hydrogens is 226 g/mol. The van der Waals surface area contributed by atoms with Crippen molar-refractivity contribution in [2.24, 2.45) is 0 Å². The van der Waals surface area contributed by atoms with Crippen molar-refractivity contribution in [1.82, 2.24) is 0 Å². The fraction of sp³-hybridized carbons (Fsp3) is 0.231. The van der Waals surface area contributed by atoms with E-state index >= 15 is 0 Å². The van der Waals surface area contributed by atoms with Gasteiger partial charge in [0, 0.05) is 11.6 Å². The molecule has 1 atom stereocenters. The number of aliphatic hydroxyl groups excluding tert-OH is 1. The molecule has 0 radical (unpaired) electrons. The molecule has 0 aliphatic rings. The number of hydrogen-bond acceptors (Lipinski definition) is 2. The van der Waals surface area contributed by atoms with Crippen LogP contribution in [-0.2, 0) is 0 Å². The summed E-state index contributed by atoms with van der Waals surface area (Å²) >= 11 is 0. The number of benzene rings is 1. The van der Waals surface area contributed by atoms with Crippen LogP contribution in [-0.4, -0.2) is 5.11 Å². The second-order valence-corrected chi connectivity index (χ2v) is 3.99. The zero-order valence-corrected chi connectivity index (χ0v) is 9.50. The second-order valence-electron chi connectivity index (χ2n) is 3.99.